The molecule has 0 aromatic heterocycles. The van der Waals surface area contributed by atoms with E-state index in [1.807, 2.05) is 18.2 Å². The number of carbonyl (C=O) groups excluding carboxylic acids is 1. The molecule has 21 heavy (non-hydrogen) atoms. The molecule has 2 heterocycles. The number of hydrogen-bond donors (Lipinski definition) is 0. The molecule has 114 valence electrons. The van der Waals surface area contributed by atoms with Gasteiger partial charge < -0.3 is 9.80 Å². The summed E-state index contributed by atoms with van der Waals surface area (Å²) in [6.45, 7) is 4.47. The Bertz CT molecular complexity index is 454. The van der Waals surface area contributed by atoms with Crippen LogP contribution in [0, 0.1) is 0 Å². The van der Waals surface area contributed by atoms with E-state index in [4.69, 9.17) is 0 Å². The van der Waals surface area contributed by atoms with Gasteiger partial charge in [0.15, 0.2) is 0 Å². The summed E-state index contributed by atoms with van der Waals surface area (Å²) >= 11 is 0. The fraction of sp³-hybridized carbons (Fsp3) is 0.611. The first kappa shape index (κ1) is 14.6. The third-order valence-electron chi connectivity index (χ3n) is 4.81. The largest absolute Gasteiger partial charge is 0.338 e. The minimum Gasteiger partial charge on any atom is -0.338 e. The summed E-state index contributed by atoms with van der Waals surface area (Å²) in [5, 5.41) is 0. The summed E-state index contributed by atoms with van der Waals surface area (Å²) in [6, 6.07) is 10.6. The number of carbonyl (C=O) groups is 1. The van der Waals surface area contributed by atoms with Crippen molar-refractivity contribution in [1.29, 1.82) is 0 Å². The molecule has 1 aromatic rings. The second-order valence-electron chi connectivity index (χ2n) is 6.41. The van der Waals surface area contributed by atoms with Gasteiger partial charge in [-0.05, 0) is 50.8 Å². The lowest BCUT2D eigenvalue weighted by Gasteiger charge is -2.38. The zero-order chi connectivity index (χ0) is 14.5. The fourth-order valence-corrected chi connectivity index (χ4v) is 3.65. The van der Waals surface area contributed by atoms with Crippen molar-refractivity contribution in [2.75, 3.05) is 26.2 Å². The van der Waals surface area contributed by atoms with Gasteiger partial charge in [-0.1, -0.05) is 30.3 Å². The lowest BCUT2D eigenvalue weighted by molar-refractivity contribution is -0.134. The van der Waals surface area contributed by atoms with Gasteiger partial charge in [-0.3, -0.25) is 4.79 Å². The van der Waals surface area contributed by atoms with Crippen LogP contribution in [-0.4, -0.2) is 47.9 Å². The number of nitrogens with zero attached hydrogens (tertiary/aromatic N) is 2. The van der Waals surface area contributed by atoms with Crippen LogP contribution in [0.4, 0.5) is 0 Å². The van der Waals surface area contributed by atoms with E-state index >= 15 is 0 Å². The first-order valence-electron chi connectivity index (χ1n) is 8.39. The standard InChI is InChI=1S/C18H26N2O/c21-18(14-16-8-2-1-3-9-16)20-13-5-4-10-17(20)15-19-11-6-7-12-19/h1-3,8-9,17H,4-7,10-15H2. The second-order valence-corrected chi connectivity index (χ2v) is 6.41. The molecule has 3 heteroatoms. The smallest absolute Gasteiger partial charge is 0.227 e. The predicted molar refractivity (Wildman–Crippen MR) is 85.2 cm³/mol. The van der Waals surface area contributed by atoms with Gasteiger partial charge in [0, 0.05) is 19.1 Å². The van der Waals surface area contributed by atoms with Crippen LogP contribution in [0.5, 0.6) is 0 Å². The number of piperidine rings is 1. The molecule has 1 amide bonds. The first-order chi connectivity index (χ1) is 10.3. The number of amides is 1. The van der Waals surface area contributed by atoms with E-state index in [0.29, 0.717) is 18.4 Å². The maximum Gasteiger partial charge on any atom is 0.227 e. The molecule has 2 aliphatic rings. The van der Waals surface area contributed by atoms with Crippen LogP contribution >= 0.6 is 0 Å². The number of benzene rings is 1. The van der Waals surface area contributed by atoms with Crippen LogP contribution in [0.3, 0.4) is 0 Å². The number of hydrogen-bond acceptors (Lipinski definition) is 2. The second kappa shape index (κ2) is 7.08. The molecule has 2 aliphatic heterocycles. The molecule has 0 saturated carbocycles. The third-order valence-corrected chi connectivity index (χ3v) is 4.81. The van der Waals surface area contributed by atoms with Gasteiger partial charge in [0.25, 0.3) is 0 Å². The summed E-state index contributed by atoms with van der Waals surface area (Å²) in [7, 11) is 0. The van der Waals surface area contributed by atoms with E-state index < -0.39 is 0 Å². The van der Waals surface area contributed by atoms with Crippen LogP contribution in [-0.2, 0) is 11.2 Å². The molecule has 0 radical (unpaired) electrons. The van der Waals surface area contributed by atoms with Crippen molar-refractivity contribution in [2.45, 2.75) is 44.6 Å². The molecule has 1 atom stereocenters. The highest BCUT2D eigenvalue weighted by atomic mass is 16.2. The molecule has 0 N–H and O–H groups in total. The Kier molecular flexibility index (Phi) is 4.91. The SMILES string of the molecule is O=C(Cc1ccccc1)N1CCCCC1CN1CCCC1. The molecule has 1 unspecified atom stereocenters. The van der Waals surface area contributed by atoms with Gasteiger partial charge >= 0.3 is 0 Å². The minimum absolute atomic E-state index is 0.310. The summed E-state index contributed by atoms with van der Waals surface area (Å²) < 4.78 is 0. The summed E-state index contributed by atoms with van der Waals surface area (Å²) in [5.74, 6) is 0.310. The quantitative estimate of drug-likeness (QED) is 0.849. The number of rotatable bonds is 4. The Balaban J connectivity index is 1.61. The van der Waals surface area contributed by atoms with Gasteiger partial charge in [0.05, 0.1) is 6.42 Å². The minimum atomic E-state index is 0.310. The summed E-state index contributed by atoms with van der Waals surface area (Å²) in [5.41, 5.74) is 1.13. The lowest BCUT2D eigenvalue weighted by atomic mass is 10.00. The van der Waals surface area contributed by atoms with Gasteiger partial charge in [0.2, 0.25) is 5.91 Å². The van der Waals surface area contributed by atoms with Gasteiger partial charge in [-0.2, -0.15) is 0 Å². The Morgan fingerprint density at radius 1 is 1.00 bits per heavy atom. The van der Waals surface area contributed by atoms with Crippen LogP contribution in [0.1, 0.15) is 37.7 Å². The van der Waals surface area contributed by atoms with E-state index in [-0.39, 0.29) is 0 Å². The van der Waals surface area contributed by atoms with E-state index in [9.17, 15) is 4.79 Å². The third kappa shape index (κ3) is 3.85. The van der Waals surface area contributed by atoms with E-state index in [1.54, 1.807) is 0 Å². The zero-order valence-electron chi connectivity index (χ0n) is 12.8. The molecule has 3 rings (SSSR count). The van der Waals surface area contributed by atoms with Crippen LogP contribution in [0.25, 0.3) is 0 Å². The lowest BCUT2D eigenvalue weighted by Crippen LogP contribution is -2.49. The highest BCUT2D eigenvalue weighted by Crippen LogP contribution is 2.21. The molecule has 2 saturated heterocycles. The maximum atomic E-state index is 12.7. The molecular weight excluding hydrogens is 260 g/mol. The average molecular weight is 286 g/mol. The Hall–Kier alpha value is -1.35. The normalized spacial score (nSPS) is 23.4. The van der Waals surface area contributed by atoms with Crippen LogP contribution in [0.15, 0.2) is 30.3 Å². The van der Waals surface area contributed by atoms with Crippen molar-refractivity contribution >= 4 is 5.91 Å². The van der Waals surface area contributed by atoms with Crippen molar-refractivity contribution in [1.82, 2.24) is 9.80 Å². The fourth-order valence-electron chi connectivity index (χ4n) is 3.65. The number of likely N-dealkylation sites (tertiary alicyclic amines) is 2. The topological polar surface area (TPSA) is 23.6 Å². The van der Waals surface area contributed by atoms with Gasteiger partial charge in [0.1, 0.15) is 0 Å². The van der Waals surface area contributed by atoms with E-state index in [2.05, 4.69) is 21.9 Å². The molecule has 1 aromatic carbocycles. The van der Waals surface area contributed by atoms with E-state index in [1.165, 1.54) is 38.8 Å². The molecule has 0 spiro atoms. The van der Waals surface area contributed by atoms with Crippen LogP contribution < -0.4 is 0 Å². The first-order valence-corrected chi connectivity index (χ1v) is 8.39. The van der Waals surface area contributed by atoms with Crippen molar-refractivity contribution in [2.24, 2.45) is 0 Å². The molecule has 3 nitrogen and oxygen atoms in total. The molecular formula is C18H26N2O. The summed E-state index contributed by atoms with van der Waals surface area (Å²) in [4.78, 5) is 17.4. The molecule has 0 aliphatic carbocycles. The van der Waals surface area contributed by atoms with E-state index in [0.717, 1.165) is 25.1 Å². The van der Waals surface area contributed by atoms with Gasteiger partial charge in [-0.25, -0.2) is 0 Å². The Morgan fingerprint density at radius 3 is 2.48 bits per heavy atom. The van der Waals surface area contributed by atoms with Gasteiger partial charge in [-0.15, -0.1) is 0 Å². The van der Waals surface area contributed by atoms with Crippen molar-refractivity contribution in [3.8, 4) is 0 Å². The van der Waals surface area contributed by atoms with Crippen molar-refractivity contribution in [3.63, 3.8) is 0 Å². The molecule has 2 fully saturated rings. The Labute approximate surface area is 127 Å². The van der Waals surface area contributed by atoms with Crippen molar-refractivity contribution < 1.29 is 4.79 Å². The molecule has 0 bridgehead atoms. The highest BCUT2D eigenvalue weighted by Gasteiger charge is 2.28. The maximum absolute atomic E-state index is 12.7. The monoisotopic (exact) mass is 286 g/mol. The average Bonchev–Trinajstić information content (AvgIpc) is 3.02. The predicted octanol–water partition coefficient (Wildman–Crippen LogP) is 2.71. The summed E-state index contributed by atoms with van der Waals surface area (Å²) in [6.07, 6.45) is 6.81. The highest BCUT2D eigenvalue weighted by molar-refractivity contribution is 5.79. The zero-order valence-corrected chi connectivity index (χ0v) is 12.8. The van der Waals surface area contributed by atoms with Crippen molar-refractivity contribution in [3.05, 3.63) is 35.9 Å². The van der Waals surface area contributed by atoms with Crippen LogP contribution in [0.2, 0.25) is 0 Å². The Morgan fingerprint density at radius 2 is 1.71 bits per heavy atom.